The smallest absolute Gasteiger partial charge is 0.229 e. The Balaban J connectivity index is 1.34. The van der Waals surface area contributed by atoms with Crippen LogP contribution in [0.2, 0.25) is 5.02 Å². The Labute approximate surface area is 223 Å². The zero-order valence-corrected chi connectivity index (χ0v) is 23.2. The second-order valence-electron chi connectivity index (χ2n) is 10.1. The summed E-state index contributed by atoms with van der Waals surface area (Å²) in [5.74, 6) is 0.987. The van der Waals surface area contributed by atoms with Gasteiger partial charge in [-0.2, -0.15) is 4.98 Å². The summed E-state index contributed by atoms with van der Waals surface area (Å²) in [6, 6.07) is 11.0. The quantitative estimate of drug-likeness (QED) is 0.333. The van der Waals surface area contributed by atoms with Gasteiger partial charge in [-0.3, -0.25) is 4.90 Å². The highest BCUT2D eigenvalue weighted by Gasteiger charge is 2.52. The molecule has 1 aliphatic carbocycles. The Morgan fingerprint density at radius 2 is 1.89 bits per heavy atom. The molecule has 7 nitrogen and oxygen atoms in total. The van der Waals surface area contributed by atoms with E-state index >= 15 is 0 Å². The molecule has 3 aromatic rings. The topological polar surface area (TPSA) is 71.5 Å². The first-order valence-corrected chi connectivity index (χ1v) is 14.8. The van der Waals surface area contributed by atoms with Crippen LogP contribution in [0.25, 0.3) is 0 Å². The van der Waals surface area contributed by atoms with Crippen molar-refractivity contribution in [2.24, 2.45) is 5.41 Å². The Kier molecular flexibility index (Phi) is 7.55. The van der Waals surface area contributed by atoms with Crippen molar-refractivity contribution in [3.05, 3.63) is 59.0 Å². The van der Waals surface area contributed by atoms with Crippen LogP contribution < -0.4 is 20.7 Å². The molecule has 5 rings (SSSR count). The maximum atomic E-state index is 14.7. The molecule has 2 aliphatic rings. The predicted octanol–water partition coefficient (Wildman–Crippen LogP) is 5.74. The number of ether oxygens (including phenoxy) is 2. The molecule has 1 saturated heterocycles. The minimum absolute atomic E-state index is 0.289. The number of methoxy groups -OCH3 is 2. The molecule has 0 bridgehead atoms. The number of hydrogen-bond acceptors (Lipinski definition) is 7. The molecule has 0 unspecified atom stereocenters. The number of anilines is 4. The molecular weight excluding hydrogens is 512 g/mol. The van der Waals surface area contributed by atoms with Crippen LogP contribution in [0, 0.1) is 11.2 Å². The van der Waals surface area contributed by atoms with Crippen LogP contribution in [-0.4, -0.2) is 61.6 Å². The van der Waals surface area contributed by atoms with E-state index in [1.165, 1.54) is 23.6 Å². The third-order valence-electron chi connectivity index (χ3n) is 7.13. The molecule has 2 aromatic carbocycles. The number of aromatic nitrogens is 2. The highest BCUT2D eigenvalue weighted by Crippen LogP contribution is 2.50. The molecule has 1 aromatic heterocycles. The molecule has 10 heteroatoms. The van der Waals surface area contributed by atoms with Gasteiger partial charge in [0.05, 0.1) is 25.1 Å². The van der Waals surface area contributed by atoms with E-state index in [0.29, 0.717) is 40.3 Å². The zero-order valence-electron chi connectivity index (χ0n) is 21.5. The second kappa shape index (κ2) is 10.7. The summed E-state index contributed by atoms with van der Waals surface area (Å²) >= 11 is 6.42. The van der Waals surface area contributed by atoms with Crippen LogP contribution in [-0.2, 0) is 11.3 Å². The fourth-order valence-corrected chi connectivity index (χ4v) is 6.55. The number of likely N-dealkylation sites (tertiary alicyclic amines) is 1. The van der Waals surface area contributed by atoms with Crippen LogP contribution in [0.1, 0.15) is 18.4 Å². The van der Waals surface area contributed by atoms with Crippen molar-refractivity contribution in [1.29, 1.82) is 0 Å². The van der Waals surface area contributed by atoms with Crippen LogP contribution >= 0.6 is 19.5 Å². The molecule has 0 radical (unpaired) electrons. The predicted molar refractivity (Wildman–Crippen MR) is 149 cm³/mol. The number of nitrogens with one attached hydrogen (secondary N) is 2. The van der Waals surface area contributed by atoms with Crippen LogP contribution in [0.4, 0.5) is 27.5 Å². The van der Waals surface area contributed by atoms with Gasteiger partial charge in [0, 0.05) is 49.5 Å². The lowest BCUT2D eigenvalue weighted by Crippen LogP contribution is -2.63. The van der Waals surface area contributed by atoms with Crippen LogP contribution in [0.5, 0.6) is 5.75 Å². The summed E-state index contributed by atoms with van der Waals surface area (Å²) in [6.45, 7) is 6.98. The molecule has 2 fully saturated rings. The van der Waals surface area contributed by atoms with Crippen molar-refractivity contribution < 1.29 is 13.9 Å². The van der Waals surface area contributed by atoms with Gasteiger partial charge in [-0.1, -0.05) is 37.7 Å². The van der Waals surface area contributed by atoms with Crippen molar-refractivity contribution in [3.63, 3.8) is 0 Å². The van der Waals surface area contributed by atoms with Crippen molar-refractivity contribution in [3.8, 4) is 5.75 Å². The number of nitrogens with zero attached hydrogens (tertiary/aromatic N) is 3. The fraction of sp³-hybridized carbons (Fsp3) is 0.407. The maximum Gasteiger partial charge on any atom is 0.229 e. The van der Waals surface area contributed by atoms with Gasteiger partial charge in [-0.05, 0) is 43.6 Å². The third kappa shape index (κ3) is 5.53. The summed E-state index contributed by atoms with van der Waals surface area (Å²) in [4.78, 5) is 11.2. The van der Waals surface area contributed by atoms with E-state index in [1.54, 1.807) is 14.2 Å². The van der Waals surface area contributed by atoms with Gasteiger partial charge in [0.2, 0.25) is 5.95 Å². The first kappa shape index (κ1) is 26.1. The van der Waals surface area contributed by atoms with E-state index in [4.69, 9.17) is 21.1 Å². The average molecular weight is 544 g/mol. The van der Waals surface area contributed by atoms with Gasteiger partial charge in [0.25, 0.3) is 0 Å². The van der Waals surface area contributed by atoms with E-state index in [1.807, 2.05) is 18.2 Å². The second-order valence-corrected chi connectivity index (χ2v) is 12.8. The van der Waals surface area contributed by atoms with Crippen molar-refractivity contribution in [2.45, 2.75) is 25.5 Å². The van der Waals surface area contributed by atoms with Gasteiger partial charge in [-0.15, -0.1) is 0 Å². The highest BCUT2D eigenvalue weighted by molar-refractivity contribution is 7.64. The number of benzene rings is 2. The number of halogens is 2. The van der Waals surface area contributed by atoms with Crippen molar-refractivity contribution in [1.82, 2.24) is 14.9 Å². The first-order chi connectivity index (χ1) is 17.8. The molecule has 37 heavy (non-hydrogen) atoms. The molecule has 196 valence electrons. The number of hydrogen-bond donors (Lipinski definition) is 2. The Bertz CT molecular complexity index is 1280. The maximum absolute atomic E-state index is 14.7. The first-order valence-electron chi connectivity index (χ1n) is 12.2. The minimum atomic E-state index is -0.350. The van der Waals surface area contributed by atoms with Gasteiger partial charge in [-0.25, -0.2) is 9.37 Å². The lowest BCUT2D eigenvalue weighted by atomic mass is 9.61. The summed E-state index contributed by atoms with van der Waals surface area (Å²) in [5, 5.41) is 8.08. The van der Waals surface area contributed by atoms with Crippen LogP contribution in [0.3, 0.4) is 0 Å². The molecular formula is C27H32ClFN5O2P. The normalized spacial score (nSPS) is 16.9. The van der Waals surface area contributed by atoms with E-state index in [2.05, 4.69) is 44.9 Å². The van der Waals surface area contributed by atoms with Crippen molar-refractivity contribution >= 4 is 48.0 Å². The standard InChI is InChI=1S/C27H32ClFN5O2P/c1-35-19-11-27(12-19)15-34(16-27)14-17-9-18(29)10-22(24(17)36-2)32-26-30-13-20(28)25(33-26)31-21-7-5-6-8-23(21)37(3)4/h5-10,13,19H,11-12,14-16H2,1-4H3,(H2,30,31,32,33). The summed E-state index contributed by atoms with van der Waals surface area (Å²) in [7, 11) is 3.04. The van der Waals surface area contributed by atoms with Gasteiger partial charge in [0.15, 0.2) is 5.82 Å². The summed E-state index contributed by atoms with van der Waals surface area (Å²) in [5.41, 5.74) is 2.56. The minimum Gasteiger partial charge on any atom is -0.494 e. The molecule has 1 aliphatic heterocycles. The Morgan fingerprint density at radius 1 is 1.14 bits per heavy atom. The van der Waals surface area contributed by atoms with E-state index in [0.717, 1.165) is 37.2 Å². The largest absolute Gasteiger partial charge is 0.494 e. The Hall–Kier alpha value is -2.51. The molecule has 2 N–H and O–H groups in total. The lowest BCUT2D eigenvalue weighted by molar-refractivity contribution is -0.142. The Morgan fingerprint density at radius 3 is 2.59 bits per heavy atom. The summed E-state index contributed by atoms with van der Waals surface area (Å²) in [6.07, 6.45) is 4.10. The molecule has 2 heterocycles. The SMILES string of the molecule is COc1c(CN2CC3(CC(OC)C3)C2)cc(F)cc1Nc1ncc(Cl)c(Nc2ccccc2P(C)C)n1. The van der Waals surface area contributed by atoms with Gasteiger partial charge < -0.3 is 20.1 Å². The number of para-hydroxylation sites is 1. The summed E-state index contributed by atoms with van der Waals surface area (Å²) < 4.78 is 25.9. The monoisotopic (exact) mass is 543 g/mol. The van der Waals surface area contributed by atoms with E-state index in [-0.39, 0.29) is 19.7 Å². The van der Waals surface area contributed by atoms with Gasteiger partial charge in [0.1, 0.15) is 16.6 Å². The highest BCUT2D eigenvalue weighted by atomic mass is 35.5. The van der Waals surface area contributed by atoms with Crippen molar-refractivity contribution in [2.75, 3.05) is 51.3 Å². The number of rotatable bonds is 9. The molecule has 1 saturated carbocycles. The fourth-order valence-electron chi connectivity index (χ4n) is 5.42. The van der Waals surface area contributed by atoms with Gasteiger partial charge >= 0.3 is 0 Å². The van der Waals surface area contributed by atoms with E-state index < -0.39 is 0 Å². The average Bonchev–Trinajstić information content (AvgIpc) is 2.82. The molecule has 0 atom stereocenters. The van der Waals surface area contributed by atoms with E-state index in [9.17, 15) is 4.39 Å². The third-order valence-corrected chi connectivity index (χ3v) is 8.76. The van der Waals surface area contributed by atoms with Crippen LogP contribution in [0.15, 0.2) is 42.6 Å². The molecule has 1 spiro atoms. The lowest BCUT2D eigenvalue weighted by Gasteiger charge is -2.58. The zero-order chi connectivity index (χ0) is 26.2. The molecule has 0 amide bonds.